The van der Waals surface area contributed by atoms with Crippen LogP contribution in [-0.2, 0) is 30.7 Å². The van der Waals surface area contributed by atoms with Crippen molar-refractivity contribution in [3.63, 3.8) is 0 Å². The molecule has 1 amide bonds. The molecule has 2 aliphatic heterocycles. The molecule has 0 bridgehead atoms. The third-order valence-corrected chi connectivity index (χ3v) is 9.90. The molecule has 48 heavy (non-hydrogen) atoms. The van der Waals surface area contributed by atoms with E-state index in [9.17, 15) is 4.79 Å². The van der Waals surface area contributed by atoms with Crippen molar-refractivity contribution in [2.75, 3.05) is 24.6 Å². The summed E-state index contributed by atoms with van der Waals surface area (Å²) < 4.78 is 12.1. The van der Waals surface area contributed by atoms with E-state index in [4.69, 9.17) is 19.4 Å². The quantitative estimate of drug-likeness (QED) is 0.216. The standard InChI is InChI=1S/C38H41N7O3/c1-24-40-31-19-27(21-39-34(31)41-24)26-11-12-33-28(18-26)22-44(16-17-47-33)36-29-20-38(2,3)14-13-30(29)42-35(43-36)32-10-7-15-45(32)37(46)48-23-25-8-5-4-6-9-25/h4-6,8-9,11-12,18-19,21,32H,7,10,13-17,20,22-23H2,1-3H3,(H,39,40,41)/t32-/m0/s1. The van der Waals surface area contributed by atoms with Gasteiger partial charge < -0.3 is 19.4 Å². The number of hydrogen-bond acceptors (Lipinski definition) is 8. The molecule has 3 aromatic heterocycles. The number of imidazole rings is 1. The van der Waals surface area contributed by atoms with Crippen LogP contribution in [-0.4, -0.2) is 55.6 Å². The average Bonchev–Trinajstić information content (AvgIpc) is 3.67. The first-order valence-corrected chi connectivity index (χ1v) is 17.0. The first-order chi connectivity index (χ1) is 23.3. The van der Waals surface area contributed by atoms with Crippen molar-refractivity contribution in [3.8, 4) is 16.9 Å². The lowest BCUT2D eigenvalue weighted by Crippen LogP contribution is -2.35. The Labute approximate surface area is 280 Å². The van der Waals surface area contributed by atoms with Crippen LogP contribution in [0.15, 0.2) is 60.8 Å². The fourth-order valence-corrected chi connectivity index (χ4v) is 7.34. The second-order valence-corrected chi connectivity index (χ2v) is 14.1. The number of aryl methyl sites for hydroxylation is 2. The minimum absolute atomic E-state index is 0.150. The van der Waals surface area contributed by atoms with Crippen molar-refractivity contribution in [1.82, 2.24) is 29.8 Å². The molecule has 0 unspecified atom stereocenters. The lowest BCUT2D eigenvalue weighted by atomic mass is 9.76. The van der Waals surface area contributed by atoms with Crippen molar-refractivity contribution < 1.29 is 14.3 Å². The molecule has 1 atom stereocenters. The van der Waals surface area contributed by atoms with E-state index >= 15 is 0 Å². The number of ether oxygens (including phenoxy) is 2. The largest absolute Gasteiger partial charge is 0.491 e. The van der Waals surface area contributed by atoms with Crippen molar-refractivity contribution in [3.05, 3.63) is 94.8 Å². The van der Waals surface area contributed by atoms with E-state index in [-0.39, 0.29) is 24.2 Å². The van der Waals surface area contributed by atoms with Crippen molar-refractivity contribution >= 4 is 23.1 Å². The Hall–Kier alpha value is -4.99. The highest BCUT2D eigenvalue weighted by Crippen LogP contribution is 2.41. The van der Waals surface area contributed by atoms with Gasteiger partial charge >= 0.3 is 6.09 Å². The maximum atomic E-state index is 13.4. The van der Waals surface area contributed by atoms with Gasteiger partial charge in [0.15, 0.2) is 11.5 Å². The molecule has 10 nitrogen and oxygen atoms in total. The summed E-state index contributed by atoms with van der Waals surface area (Å²) in [6.07, 6.45) is 6.14. The molecular weight excluding hydrogens is 602 g/mol. The van der Waals surface area contributed by atoms with Crippen molar-refractivity contribution in [2.45, 2.75) is 72.1 Å². The van der Waals surface area contributed by atoms with E-state index in [1.165, 1.54) is 5.56 Å². The van der Waals surface area contributed by atoms with Crippen LogP contribution in [0.4, 0.5) is 10.6 Å². The zero-order chi connectivity index (χ0) is 32.8. The Bertz CT molecular complexity index is 1990. The third kappa shape index (κ3) is 5.95. The number of benzene rings is 2. The molecule has 2 aromatic carbocycles. The summed E-state index contributed by atoms with van der Waals surface area (Å²) >= 11 is 0. The summed E-state index contributed by atoms with van der Waals surface area (Å²) in [6, 6.07) is 18.0. The van der Waals surface area contributed by atoms with E-state index in [2.05, 4.69) is 58.0 Å². The number of fused-ring (bicyclic) bond motifs is 3. The lowest BCUT2D eigenvalue weighted by Gasteiger charge is -2.35. The van der Waals surface area contributed by atoms with Crippen molar-refractivity contribution in [2.24, 2.45) is 5.41 Å². The zero-order valence-electron chi connectivity index (χ0n) is 27.8. The van der Waals surface area contributed by atoms with Crippen LogP contribution in [0.1, 0.15) is 73.2 Å². The molecule has 1 aliphatic carbocycles. The SMILES string of the molecule is Cc1nc2cc(-c3ccc4c(c3)CN(c3nc([C@@H]5CCCN5C(=O)OCc5ccccc5)nc5c3CC(C)(C)CC5)CCO4)cnc2[nH]1. The molecule has 0 radical (unpaired) electrons. The first-order valence-electron chi connectivity index (χ1n) is 17.0. The van der Waals surface area contributed by atoms with Gasteiger partial charge in [0.1, 0.15) is 36.1 Å². The predicted octanol–water partition coefficient (Wildman–Crippen LogP) is 7.11. The maximum Gasteiger partial charge on any atom is 0.410 e. The molecule has 0 saturated carbocycles. The molecule has 1 fully saturated rings. The Morgan fingerprint density at radius 1 is 1.06 bits per heavy atom. The monoisotopic (exact) mass is 643 g/mol. The van der Waals surface area contributed by atoms with Gasteiger partial charge in [-0.25, -0.2) is 24.7 Å². The lowest BCUT2D eigenvalue weighted by molar-refractivity contribution is 0.0908. The number of likely N-dealkylation sites (tertiary alicyclic amines) is 1. The van der Waals surface area contributed by atoms with Crippen LogP contribution < -0.4 is 9.64 Å². The molecule has 1 saturated heterocycles. The van der Waals surface area contributed by atoms with Crippen LogP contribution in [0.25, 0.3) is 22.3 Å². The highest BCUT2D eigenvalue weighted by atomic mass is 16.6. The molecule has 3 aliphatic rings. The second kappa shape index (κ2) is 12.2. The molecule has 1 N–H and O–H groups in total. The summed E-state index contributed by atoms with van der Waals surface area (Å²) in [5, 5.41) is 0. The normalized spacial score (nSPS) is 18.6. The minimum atomic E-state index is -0.312. The fraction of sp³-hybridized carbons (Fsp3) is 0.395. The van der Waals surface area contributed by atoms with Crippen molar-refractivity contribution in [1.29, 1.82) is 0 Å². The highest BCUT2D eigenvalue weighted by molar-refractivity contribution is 5.78. The van der Waals surface area contributed by atoms with E-state index in [1.807, 2.05) is 48.4 Å². The number of aromatic amines is 1. The van der Waals surface area contributed by atoms with E-state index in [1.54, 1.807) is 0 Å². The van der Waals surface area contributed by atoms with Gasteiger partial charge in [0, 0.05) is 41.7 Å². The van der Waals surface area contributed by atoms with Gasteiger partial charge in [-0.1, -0.05) is 50.2 Å². The number of anilines is 1. The number of aromatic nitrogens is 5. The minimum Gasteiger partial charge on any atom is -0.491 e. The smallest absolute Gasteiger partial charge is 0.410 e. The van der Waals surface area contributed by atoms with Crippen LogP contribution in [0.5, 0.6) is 5.75 Å². The molecule has 5 aromatic rings. The molecule has 8 rings (SSSR count). The fourth-order valence-electron chi connectivity index (χ4n) is 7.34. The van der Waals surface area contributed by atoms with Gasteiger partial charge in [0.2, 0.25) is 0 Å². The topological polar surface area (TPSA) is 109 Å². The van der Waals surface area contributed by atoms with Crippen LogP contribution in [0.2, 0.25) is 0 Å². The van der Waals surface area contributed by atoms with Crippen LogP contribution in [0, 0.1) is 12.3 Å². The van der Waals surface area contributed by atoms with Gasteiger partial charge in [-0.05, 0) is 73.8 Å². The second-order valence-electron chi connectivity index (χ2n) is 14.1. The van der Waals surface area contributed by atoms with Crippen LogP contribution in [0.3, 0.4) is 0 Å². The summed E-state index contributed by atoms with van der Waals surface area (Å²) in [7, 11) is 0. The highest BCUT2D eigenvalue weighted by Gasteiger charge is 2.37. The number of H-pyrrole nitrogens is 1. The Morgan fingerprint density at radius 2 is 1.94 bits per heavy atom. The van der Waals surface area contributed by atoms with Gasteiger partial charge in [-0.2, -0.15) is 0 Å². The molecule has 5 heterocycles. The maximum absolute atomic E-state index is 13.4. The van der Waals surface area contributed by atoms with Gasteiger partial charge in [-0.3, -0.25) is 4.90 Å². The van der Waals surface area contributed by atoms with E-state index in [0.29, 0.717) is 32.1 Å². The summed E-state index contributed by atoms with van der Waals surface area (Å²) in [4.78, 5) is 40.5. The number of carbonyl (C=O) groups excluding carboxylic acids is 1. The first kappa shape index (κ1) is 30.4. The number of nitrogens with zero attached hydrogens (tertiary/aromatic N) is 6. The molecular formula is C38H41N7O3. The summed E-state index contributed by atoms with van der Waals surface area (Å²) in [6.45, 7) is 9.36. The number of pyridine rings is 1. The number of carbonyl (C=O) groups is 1. The summed E-state index contributed by atoms with van der Waals surface area (Å²) in [5.41, 5.74) is 8.25. The molecule has 0 spiro atoms. The third-order valence-electron chi connectivity index (χ3n) is 9.90. The van der Waals surface area contributed by atoms with E-state index < -0.39 is 0 Å². The number of rotatable bonds is 5. The van der Waals surface area contributed by atoms with E-state index in [0.717, 1.165) is 88.6 Å². The molecule has 10 heteroatoms. The Kier molecular flexibility index (Phi) is 7.73. The molecule has 246 valence electrons. The Morgan fingerprint density at radius 3 is 2.81 bits per heavy atom. The zero-order valence-corrected chi connectivity index (χ0v) is 27.8. The number of nitrogens with one attached hydrogen (secondary N) is 1. The van der Waals surface area contributed by atoms with Crippen LogP contribution >= 0.6 is 0 Å². The summed E-state index contributed by atoms with van der Waals surface area (Å²) in [5.74, 6) is 3.41. The number of amides is 1. The van der Waals surface area contributed by atoms with Gasteiger partial charge in [0.25, 0.3) is 0 Å². The average molecular weight is 644 g/mol. The predicted molar refractivity (Wildman–Crippen MR) is 184 cm³/mol. The Balaban J connectivity index is 1.12. The number of hydrogen-bond donors (Lipinski definition) is 1. The van der Waals surface area contributed by atoms with Gasteiger partial charge in [0.05, 0.1) is 12.6 Å². The van der Waals surface area contributed by atoms with Gasteiger partial charge in [-0.15, -0.1) is 0 Å².